The summed E-state index contributed by atoms with van der Waals surface area (Å²) in [5.41, 5.74) is -0.304. The van der Waals surface area contributed by atoms with E-state index < -0.39 is 23.8 Å². The summed E-state index contributed by atoms with van der Waals surface area (Å²) in [6, 6.07) is 11.2. The van der Waals surface area contributed by atoms with Crippen LogP contribution >= 0.6 is 23.2 Å². The van der Waals surface area contributed by atoms with Crippen LogP contribution in [0.15, 0.2) is 52.1 Å². The molecule has 0 aliphatic rings. The number of hydrogen-bond donors (Lipinski definition) is 1. The van der Waals surface area contributed by atoms with E-state index in [4.69, 9.17) is 28.3 Å². The van der Waals surface area contributed by atoms with Gasteiger partial charge in [0.25, 0.3) is 5.56 Å². The van der Waals surface area contributed by atoms with Gasteiger partial charge in [-0.2, -0.15) is 0 Å². The lowest BCUT2D eigenvalue weighted by atomic mass is 10.2. The Morgan fingerprint density at radius 2 is 1.72 bits per heavy atom. The van der Waals surface area contributed by atoms with Crippen molar-refractivity contribution in [1.29, 1.82) is 0 Å². The molecule has 3 aromatic rings. The fourth-order valence-electron chi connectivity index (χ4n) is 2.62. The van der Waals surface area contributed by atoms with E-state index in [0.717, 1.165) is 9.13 Å². The van der Waals surface area contributed by atoms with Crippen LogP contribution < -0.4 is 11.2 Å². The maximum Gasteiger partial charge on any atom is 0.332 e. The molecule has 2 aromatic carbocycles. The lowest BCUT2D eigenvalue weighted by Gasteiger charge is -2.13. The molecular weight excluding hydrogens is 367 g/mol. The average Bonchev–Trinajstić information content (AvgIpc) is 2.58. The van der Waals surface area contributed by atoms with Crippen LogP contribution in [0.5, 0.6) is 0 Å². The Morgan fingerprint density at radius 1 is 1.00 bits per heavy atom. The normalized spacial score (nSPS) is 11.0. The van der Waals surface area contributed by atoms with Crippen LogP contribution in [0.1, 0.15) is 5.56 Å². The summed E-state index contributed by atoms with van der Waals surface area (Å²) >= 11 is 11.8. The molecule has 0 saturated heterocycles. The fraction of sp³-hybridized carbons (Fsp3) is 0.118. The molecule has 6 nitrogen and oxygen atoms in total. The zero-order valence-electron chi connectivity index (χ0n) is 12.8. The summed E-state index contributed by atoms with van der Waals surface area (Å²) in [5.74, 6) is -1.17. The molecule has 0 amide bonds. The van der Waals surface area contributed by atoms with Crippen molar-refractivity contribution in [3.05, 3.63) is 78.9 Å². The molecule has 0 aliphatic heterocycles. The first-order chi connectivity index (χ1) is 11.9. The molecule has 0 atom stereocenters. The van der Waals surface area contributed by atoms with Crippen LogP contribution in [0.25, 0.3) is 10.9 Å². The molecule has 1 heterocycles. The van der Waals surface area contributed by atoms with Gasteiger partial charge in [0.2, 0.25) is 0 Å². The Hall–Kier alpha value is -2.57. The third kappa shape index (κ3) is 3.31. The Morgan fingerprint density at radius 3 is 2.40 bits per heavy atom. The number of halogens is 2. The van der Waals surface area contributed by atoms with E-state index in [-0.39, 0.29) is 17.4 Å². The summed E-state index contributed by atoms with van der Waals surface area (Å²) in [6.45, 7) is -0.583. The van der Waals surface area contributed by atoms with Gasteiger partial charge in [0.05, 0.1) is 27.5 Å². The predicted octanol–water partition coefficient (Wildman–Crippen LogP) is 2.60. The van der Waals surface area contributed by atoms with E-state index in [2.05, 4.69) is 0 Å². The van der Waals surface area contributed by atoms with Crippen molar-refractivity contribution in [3.63, 3.8) is 0 Å². The molecule has 0 radical (unpaired) electrons. The monoisotopic (exact) mass is 378 g/mol. The molecule has 3 rings (SSSR count). The number of benzene rings is 2. The minimum atomic E-state index is -1.17. The van der Waals surface area contributed by atoms with Crippen molar-refractivity contribution in [2.45, 2.75) is 13.1 Å². The van der Waals surface area contributed by atoms with Crippen molar-refractivity contribution in [2.24, 2.45) is 0 Å². The van der Waals surface area contributed by atoms with E-state index in [9.17, 15) is 14.4 Å². The van der Waals surface area contributed by atoms with Crippen LogP contribution in [-0.2, 0) is 17.9 Å². The summed E-state index contributed by atoms with van der Waals surface area (Å²) < 4.78 is 2.06. The zero-order valence-corrected chi connectivity index (χ0v) is 14.3. The fourth-order valence-corrected chi connectivity index (χ4v) is 2.94. The van der Waals surface area contributed by atoms with E-state index in [1.165, 1.54) is 0 Å². The average molecular weight is 379 g/mol. The molecule has 0 unspecified atom stereocenters. The quantitative estimate of drug-likeness (QED) is 0.756. The first-order valence-corrected chi connectivity index (χ1v) is 8.02. The number of aromatic nitrogens is 2. The first-order valence-electron chi connectivity index (χ1n) is 7.26. The number of carboxylic acids is 1. The summed E-state index contributed by atoms with van der Waals surface area (Å²) in [5, 5.41) is 10.0. The molecule has 128 valence electrons. The van der Waals surface area contributed by atoms with Gasteiger partial charge in [-0.3, -0.25) is 18.7 Å². The van der Waals surface area contributed by atoms with E-state index in [0.29, 0.717) is 15.6 Å². The molecular formula is C17H12Cl2N2O4. The number of aliphatic carboxylic acids is 1. The minimum Gasteiger partial charge on any atom is -0.480 e. The van der Waals surface area contributed by atoms with Gasteiger partial charge in [0.15, 0.2) is 0 Å². The summed E-state index contributed by atoms with van der Waals surface area (Å²) in [4.78, 5) is 36.5. The Bertz CT molecular complexity index is 1100. The van der Waals surface area contributed by atoms with Crippen LogP contribution in [0, 0.1) is 0 Å². The van der Waals surface area contributed by atoms with Crippen molar-refractivity contribution < 1.29 is 9.90 Å². The van der Waals surface area contributed by atoms with Crippen LogP contribution in [0.3, 0.4) is 0 Å². The zero-order chi connectivity index (χ0) is 18.1. The second-order valence-electron chi connectivity index (χ2n) is 5.42. The van der Waals surface area contributed by atoms with E-state index in [1.54, 1.807) is 42.5 Å². The maximum atomic E-state index is 12.7. The van der Waals surface area contributed by atoms with Gasteiger partial charge in [-0.25, -0.2) is 4.79 Å². The standard InChI is InChI=1S/C17H12Cl2N2O4/c18-12-6-5-10(7-13(12)19)8-21-16(24)11-3-1-2-4-14(11)20(17(21)25)9-15(22)23/h1-7H,8-9H2,(H,22,23). The van der Waals surface area contributed by atoms with Crippen molar-refractivity contribution in [2.75, 3.05) is 0 Å². The van der Waals surface area contributed by atoms with Crippen LogP contribution in [-0.4, -0.2) is 20.2 Å². The Labute approximate surface area is 151 Å². The van der Waals surface area contributed by atoms with Gasteiger partial charge in [-0.1, -0.05) is 41.4 Å². The lowest BCUT2D eigenvalue weighted by Crippen LogP contribution is -2.41. The molecule has 0 saturated carbocycles. The second kappa shape index (κ2) is 6.74. The van der Waals surface area contributed by atoms with E-state index >= 15 is 0 Å². The van der Waals surface area contributed by atoms with E-state index in [1.807, 2.05) is 0 Å². The van der Waals surface area contributed by atoms with Gasteiger partial charge in [-0.15, -0.1) is 0 Å². The van der Waals surface area contributed by atoms with Gasteiger partial charge in [0, 0.05) is 0 Å². The van der Waals surface area contributed by atoms with Crippen LogP contribution in [0.4, 0.5) is 0 Å². The molecule has 0 aliphatic carbocycles. The van der Waals surface area contributed by atoms with Gasteiger partial charge in [-0.05, 0) is 29.8 Å². The van der Waals surface area contributed by atoms with Gasteiger partial charge >= 0.3 is 11.7 Å². The highest BCUT2D eigenvalue weighted by Crippen LogP contribution is 2.22. The number of nitrogens with zero attached hydrogens (tertiary/aromatic N) is 2. The number of fused-ring (bicyclic) bond motifs is 1. The SMILES string of the molecule is O=C(O)Cn1c(=O)n(Cc2ccc(Cl)c(Cl)c2)c(=O)c2ccccc21. The molecule has 8 heteroatoms. The molecule has 1 N–H and O–H groups in total. The number of hydrogen-bond acceptors (Lipinski definition) is 3. The maximum absolute atomic E-state index is 12.7. The lowest BCUT2D eigenvalue weighted by molar-refractivity contribution is -0.137. The van der Waals surface area contributed by atoms with Crippen molar-refractivity contribution >= 4 is 40.1 Å². The first kappa shape index (κ1) is 17.3. The molecule has 1 aromatic heterocycles. The van der Waals surface area contributed by atoms with Crippen LogP contribution in [0.2, 0.25) is 10.0 Å². The Balaban J connectivity index is 2.24. The second-order valence-corrected chi connectivity index (χ2v) is 6.23. The van der Waals surface area contributed by atoms with Crippen molar-refractivity contribution in [1.82, 2.24) is 9.13 Å². The summed E-state index contributed by atoms with van der Waals surface area (Å²) in [6.07, 6.45) is 0. The highest BCUT2D eigenvalue weighted by atomic mass is 35.5. The molecule has 0 bridgehead atoms. The number of rotatable bonds is 4. The van der Waals surface area contributed by atoms with Gasteiger partial charge in [0.1, 0.15) is 6.54 Å². The number of carboxylic acid groups (broad SMARTS) is 1. The highest BCUT2D eigenvalue weighted by Gasteiger charge is 2.15. The molecule has 25 heavy (non-hydrogen) atoms. The summed E-state index contributed by atoms with van der Waals surface area (Å²) in [7, 11) is 0. The highest BCUT2D eigenvalue weighted by molar-refractivity contribution is 6.42. The largest absolute Gasteiger partial charge is 0.480 e. The number of para-hydroxylation sites is 1. The van der Waals surface area contributed by atoms with Crippen molar-refractivity contribution in [3.8, 4) is 0 Å². The Kier molecular flexibility index (Phi) is 4.65. The molecule has 0 spiro atoms. The van der Waals surface area contributed by atoms with Gasteiger partial charge < -0.3 is 5.11 Å². The smallest absolute Gasteiger partial charge is 0.332 e. The minimum absolute atomic E-state index is 0.0426. The third-order valence-electron chi connectivity index (χ3n) is 3.75. The topological polar surface area (TPSA) is 81.3 Å². The number of carbonyl (C=O) groups is 1. The third-order valence-corrected chi connectivity index (χ3v) is 4.49. The predicted molar refractivity (Wildman–Crippen MR) is 95.7 cm³/mol. The molecule has 0 fully saturated rings.